The van der Waals surface area contributed by atoms with E-state index in [0.717, 1.165) is 39.6 Å². The van der Waals surface area contributed by atoms with Crippen LogP contribution in [0.4, 0.5) is 5.82 Å². The highest BCUT2D eigenvalue weighted by molar-refractivity contribution is 5.89. The molecule has 0 radical (unpaired) electrons. The van der Waals surface area contributed by atoms with E-state index in [1.165, 1.54) is 0 Å². The molecule has 0 unspecified atom stereocenters. The topological polar surface area (TPSA) is 81.8 Å². The first kappa shape index (κ1) is 15.9. The van der Waals surface area contributed by atoms with Crippen molar-refractivity contribution in [1.29, 1.82) is 0 Å². The number of benzene rings is 1. The van der Waals surface area contributed by atoms with Gasteiger partial charge in [0.1, 0.15) is 12.1 Å². The summed E-state index contributed by atoms with van der Waals surface area (Å²) in [7, 11) is 0. The second kappa shape index (κ2) is 6.72. The molecule has 4 aromatic rings. The van der Waals surface area contributed by atoms with E-state index in [2.05, 4.69) is 21.0 Å². The second-order valence-corrected chi connectivity index (χ2v) is 5.95. The number of aromatic nitrogens is 3. The Morgan fingerprint density at radius 1 is 1.00 bits per heavy atom. The van der Waals surface area contributed by atoms with Gasteiger partial charge in [0.15, 0.2) is 0 Å². The largest absolute Gasteiger partial charge is 0.383 e. The van der Waals surface area contributed by atoms with E-state index in [9.17, 15) is 4.79 Å². The van der Waals surface area contributed by atoms with Crippen LogP contribution >= 0.6 is 0 Å². The fraction of sp³-hybridized carbons (Fsp3) is 0.0476. The van der Waals surface area contributed by atoms with Crippen LogP contribution in [-0.4, -0.2) is 21.2 Å². The van der Waals surface area contributed by atoms with Gasteiger partial charge in [-0.1, -0.05) is 12.1 Å². The lowest BCUT2D eigenvalue weighted by atomic mass is 9.96. The van der Waals surface area contributed by atoms with Gasteiger partial charge in [0, 0.05) is 47.1 Å². The molecule has 0 aliphatic rings. The van der Waals surface area contributed by atoms with Crippen LogP contribution in [0.2, 0.25) is 0 Å². The minimum atomic E-state index is 0.230. The number of hydrogen-bond donors (Lipinski definition) is 1. The molecule has 5 heteroatoms. The fourth-order valence-electron chi connectivity index (χ4n) is 3.01. The molecule has 2 N–H and O–H groups in total. The average Bonchev–Trinajstić information content (AvgIpc) is 2.69. The highest BCUT2D eigenvalue weighted by Crippen LogP contribution is 2.34. The molecule has 0 fully saturated rings. The molecule has 4 rings (SSSR count). The molecule has 1 aromatic carbocycles. The zero-order chi connectivity index (χ0) is 17.9. The molecule has 0 atom stereocenters. The van der Waals surface area contributed by atoms with Gasteiger partial charge in [-0.3, -0.25) is 9.97 Å². The molecule has 0 saturated heterocycles. The minimum Gasteiger partial charge on any atom is -0.383 e. The van der Waals surface area contributed by atoms with Crippen LogP contribution in [0.1, 0.15) is 5.56 Å². The number of pyridine rings is 3. The molecular formula is C21H16N4O. The minimum absolute atomic E-state index is 0.230. The number of nitrogens with two attached hydrogens (primary N) is 1. The number of nitrogen functional groups attached to an aromatic ring is 1. The number of nitrogens with zero attached hydrogens (tertiary/aromatic N) is 3. The highest BCUT2D eigenvalue weighted by Gasteiger charge is 2.14. The Morgan fingerprint density at radius 3 is 2.69 bits per heavy atom. The Bertz CT molecular complexity index is 1090. The summed E-state index contributed by atoms with van der Waals surface area (Å²) in [5.74, 6) is 0.363. The number of fused-ring (bicyclic) bond motifs is 1. The van der Waals surface area contributed by atoms with Gasteiger partial charge >= 0.3 is 0 Å². The van der Waals surface area contributed by atoms with Crippen LogP contribution in [-0.2, 0) is 11.2 Å². The van der Waals surface area contributed by atoms with Gasteiger partial charge in [0.25, 0.3) is 0 Å². The first-order valence-corrected chi connectivity index (χ1v) is 8.25. The van der Waals surface area contributed by atoms with Crippen LogP contribution in [0.25, 0.3) is 33.3 Å². The molecule has 0 aliphatic carbocycles. The maximum atomic E-state index is 11.0. The van der Waals surface area contributed by atoms with Gasteiger partial charge < -0.3 is 10.5 Å². The van der Waals surface area contributed by atoms with Crippen molar-refractivity contribution >= 4 is 23.0 Å². The van der Waals surface area contributed by atoms with Crippen molar-refractivity contribution in [3.63, 3.8) is 0 Å². The number of anilines is 1. The number of carbonyl (C=O) groups is 1. The first-order chi connectivity index (χ1) is 12.8. The van der Waals surface area contributed by atoms with Crippen molar-refractivity contribution < 1.29 is 4.79 Å². The Hall–Kier alpha value is -3.60. The SMILES string of the molecule is Nc1nc(-c2cccnc2)c(-c2ccc3ncccc3c2)cc1CC=O. The van der Waals surface area contributed by atoms with Crippen LogP contribution in [0, 0.1) is 0 Å². The lowest BCUT2D eigenvalue weighted by molar-refractivity contribution is -0.107. The van der Waals surface area contributed by atoms with Crippen LogP contribution in [0.5, 0.6) is 0 Å². The lowest BCUT2D eigenvalue weighted by Crippen LogP contribution is -2.02. The van der Waals surface area contributed by atoms with E-state index in [4.69, 9.17) is 5.73 Å². The summed E-state index contributed by atoms with van der Waals surface area (Å²) >= 11 is 0. The van der Waals surface area contributed by atoms with Crippen LogP contribution in [0.3, 0.4) is 0 Å². The normalized spacial score (nSPS) is 10.8. The van der Waals surface area contributed by atoms with Crippen molar-refractivity contribution in [3.05, 3.63) is 72.7 Å². The van der Waals surface area contributed by atoms with E-state index in [1.807, 2.05) is 42.5 Å². The standard InChI is InChI=1S/C21H16N4O/c22-21-16(7-10-26)12-18(20(25-21)17-4-1-8-23-13-17)14-5-6-19-15(11-14)3-2-9-24-19/h1-6,8-13H,7H2,(H2,22,25). The molecule has 26 heavy (non-hydrogen) atoms. The van der Waals surface area contributed by atoms with Crippen LogP contribution < -0.4 is 5.73 Å². The monoisotopic (exact) mass is 340 g/mol. The Balaban J connectivity index is 1.97. The Labute approximate surface area is 150 Å². The summed E-state index contributed by atoms with van der Waals surface area (Å²) in [6.45, 7) is 0. The summed E-state index contributed by atoms with van der Waals surface area (Å²) in [5.41, 5.74) is 11.2. The van der Waals surface area contributed by atoms with E-state index in [1.54, 1.807) is 18.6 Å². The molecule has 3 heterocycles. The predicted octanol–water partition coefficient (Wildman–Crippen LogP) is 3.68. The van der Waals surface area contributed by atoms with E-state index >= 15 is 0 Å². The number of carbonyl (C=O) groups excluding carboxylic acids is 1. The summed E-state index contributed by atoms with van der Waals surface area (Å²) in [5, 5.41) is 1.04. The summed E-state index contributed by atoms with van der Waals surface area (Å²) < 4.78 is 0. The third-order valence-corrected chi connectivity index (χ3v) is 4.29. The maximum absolute atomic E-state index is 11.0. The van der Waals surface area contributed by atoms with Gasteiger partial charge in [-0.05, 0) is 42.0 Å². The van der Waals surface area contributed by atoms with E-state index in [-0.39, 0.29) is 6.42 Å². The highest BCUT2D eigenvalue weighted by atomic mass is 16.1. The maximum Gasteiger partial charge on any atom is 0.127 e. The van der Waals surface area contributed by atoms with Crippen molar-refractivity contribution in [1.82, 2.24) is 15.0 Å². The zero-order valence-electron chi connectivity index (χ0n) is 14.0. The van der Waals surface area contributed by atoms with Gasteiger partial charge in [-0.2, -0.15) is 0 Å². The fourth-order valence-corrected chi connectivity index (χ4v) is 3.01. The second-order valence-electron chi connectivity index (χ2n) is 5.95. The van der Waals surface area contributed by atoms with E-state index < -0.39 is 0 Å². The Kier molecular flexibility index (Phi) is 4.11. The van der Waals surface area contributed by atoms with Gasteiger partial charge in [0.2, 0.25) is 0 Å². The van der Waals surface area contributed by atoms with Crippen molar-refractivity contribution in [3.8, 4) is 22.4 Å². The molecule has 0 amide bonds. The Morgan fingerprint density at radius 2 is 1.88 bits per heavy atom. The van der Waals surface area contributed by atoms with Gasteiger partial charge in [-0.15, -0.1) is 0 Å². The third-order valence-electron chi connectivity index (χ3n) is 4.29. The van der Waals surface area contributed by atoms with Crippen molar-refractivity contribution in [2.24, 2.45) is 0 Å². The molecule has 3 aromatic heterocycles. The molecule has 126 valence electrons. The molecule has 0 spiro atoms. The molecule has 0 saturated carbocycles. The van der Waals surface area contributed by atoms with Gasteiger partial charge in [0.05, 0.1) is 11.2 Å². The number of hydrogen-bond acceptors (Lipinski definition) is 5. The van der Waals surface area contributed by atoms with E-state index in [0.29, 0.717) is 11.4 Å². The molecule has 0 aliphatic heterocycles. The molecule has 0 bridgehead atoms. The van der Waals surface area contributed by atoms with Crippen molar-refractivity contribution in [2.75, 3.05) is 5.73 Å². The zero-order valence-corrected chi connectivity index (χ0v) is 14.0. The number of aldehydes is 1. The average molecular weight is 340 g/mol. The summed E-state index contributed by atoms with van der Waals surface area (Å²) in [6.07, 6.45) is 6.32. The lowest BCUT2D eigenvalue weighted by Gasteiger charge is -2.13. The number of rotatable bonds is 4. The molecule has 5 nitrogen and oxygen atoms in total. The van der Waals surface area contributed by atoms with Crippen LogP contribution in [0.15, 0.2) is 67.1 Å². The first-order valence-electron chi connectivity index (χ1n) is 8.25. The molecular weight excluding hydrogens is 324 g/mol. The quantitative estimate of drug-likeness (QED) is 0.573. The van der Waals surface area contributed by atoms with Crippen molar-refractivity contribution in [2.45, 2.75) is 6.42 Å². The summed E-state index contributed by atoms with van der Waals surface area (Å²) in [4.78, 5) is 24.1. The third kappa shape index (κ3) is 2.91. The smallest absolute Gasteiger partial charge is 0.127 e. The van der Waals surface area contributed by atoms with Gasteiger partial charge in [-0.25, -0.2) is 4.98 Å². The summed E-state index contributed by atoms with van der Waals surface area (Å²) in [6, 6.07) is 15.7. The predicted molar refractivity (Wildman–Crippen MR) is 102 cm³/mol.